The molecule has 0 aliphatic rings. The summed E-state index contributed by atoms with van der Waals surface area (Å²) in [6.45, 7) is 1.96. The van der Waals surface area contributed by atoms with Crippen molar-refractivity contribution in [2.24, 2.45) is 0 Å². The molecule has 0 saturated heterocycles. The maximum atomic E-state index is 10.6. The van der Waals surface area contributed by atoms with Crippen molar-refractivity contribution in [1.29, 1.82) is 0 Å². The zero-order chi connectivity index (χ0) is 10.7. The van der Waals surface area contributed by atoms with E-state index in [9.17, 15) is 4.79 Å². The quantitative estimate of drug-likeness (QED) is 0.803. The van der Waals surface area contributed by atoms with Crippen LogP contribution in [0.5, 0.6) is 0 Å². The van der Waals surface area contributed by atoms with Crippen LogP contribution in [0.25, 0.3) is 0 Å². The van der Waals surface area contributed by atoms with E-state index in [4.69, 9.17) is 0 Å². The minimum absolute atomic E-state index is 0.689. The summed E-state index contributed by atoms with van der Waals surface area (Å²) < 4.78 is 0. The van der Waals surface area contributed by atoms with E-state index in [-0.39, 0.29) is 0 Å². The van der Waals surface area contributed by atoms with E-state index >= 15 is 0 Å². The van der Waals surface area contributed by atoms with E-state index in [2.05, 4.69) is 15.2 Å². The van der Waals surface area contributed by atoms with Crippen LogP contribution in [0.15, 0.2) is 34.6 Å². The molecule has 0 aliphatic carbocycles. The number of hydrogen-bond donors (Lipinski definition) is 1. The van der Waals surface area contributed by atoms with Gasteiger partial charge in [-0.15, -0.1) is 0 Å². The molecule has 1 aromatic carbocycles. The van der Waals surface area contributed by atoms with Crippen molar-refractivity contribution in [3.63, 3.8) is 0 Å². The molecule has 76 valence electrons. The van der Waals surface area contributed by atoms with Crippen molar-refractivity contribution in [2.75, 3.05) is 0 Å². The van der Waals surface area contributed by atoms with Crippen LogP contribution in [0, 0.1) is 6.92 Å². The normalized spacial score (nSPS) is 10.2. The summed E-state index contributed by atoms with van der Waals surface area (Å²) in [4.78, 5) is 15.6. The molecule has 4 nitrogen and oxygen atoms in total. The monoisotopic (exact) mass is 219 g/mol. The highest BCUT2D eigenvalue weighted by molar-refractivity contribution is 7.99. The predicted molar refractivity (Wildman–Crippen MR) is 57.1 cm³/mol. The fourth-order valence-electron chi connectivity index (χ4n) is 1.21. The van der Waals surface area contributed by atoms with E-state index in [1.165, 1.54) is 18.1 Å². The summed E-state index contributed by atoms with van der Waals surface area (Å²) in [6, 6.07) is 5.55. The van der Waals surface area contributed by atoms with Crippen molar-refractivity contribution in [2.45, 2.75) is 17.0 Å². The lowest BCUT2D eigenvalue weighted by atomic mass is 10.2. The maximum absolute atomic E-state index is 10.6. The maximum Gasteiger partial charge on any atom is 0.188 e. The third-order valence-electron chi connectivity index (χ3n) is 1.93. The van der Waals surface area contributed by atoms with Crippen molar-refractivity contribution in [3.8, 4) is 0 Å². The molecule has 1 N–H and O–H groups in total. The second-order valence-electron chi connectivity index (χ2n) is 3.04. The second-order valence-corrected chi connectivity index (χ2v) is 4.07. The number of carbonyl (C=O) groups excluding carboxylic acids is 1. The first kappa shape index (κ1) is 9.92. The third kappa shape index (κ3) is 2.24. The van der Waals surface area contributed by atoms with Gasteiger partial charge in [0.15, 0.2) is 5.16 Å². The van der Waals surface area contributed by atoms with Gasteiger partial charge in [0.2, 0.25) is 0 Å². The van der Waals surface area contributed by atoms with Gasteiger partial charge in [0.05, 0.1) is 0 Å². The number of aromatic amines is 1. The summed E-state index contributed by atoms with van der Waals surface area (Å²) in [5, 5.41) is 7.29. The summed E-state index contributed by atoms with van der Waals surface area (Å²) in [5.41, 5.74) is 1.75. The summed E-state index contributed by atoms with van der Waals surface area (Å²) in [7, 11) is 0. The number of aryl methyl sites for hydroxylation is 1. The van der Waals surface area contributed by atoms with Crippen LogP contribution in [0.3, 0.4) is 0 Å². The molecule has 0 unspecified atom stereocenters. The molecule has 0 radical (unpaired) electrons. The lowest BCUT2D eigenvalue weighted by Gasteiger charge is -2.02. The fraction of sp³-hybridized carbons (Fsp3) is 0.100. The molecular weight excluding hydrogens is 210 g/mol. The fourth-order valence-corrected chi connectivity index (χ4v) is 1.97. The largest absolute Gasteiger partial charge is 0.298 e. The van der Waals surface area contributed by atoms with Crippen LogP contribution in [0.4, 0.5) is 0 Å². The highest BCUT2D eigenvalue weighted by atomic mass is 32.2. The molecule has 0 spiro atoms. The molecule has 5 heteroatoms. The van der Waals surface area contributed by atoms with Gasteiger partial charge in [-0.05, 0) is 24.6 Å². The smallest absolute Gasteiger partial charge is 0.188 e. The Morgan fingerprint density at radius 2 is 2.33 bits per heavy atom. The van der Waals surface area contributed by atoms with Crippen molar-refractivity contribution in [1.82, 2.24) is 15.2 Å². The molecule has 0 bridgehead atoms. The van der Waals surface area contributed by atoms with Gasteiger partial charge in [-0.3, -0.25) is 9.89 Å². The summed E-state index contributed by atoms with van der Waals surface area (Å²) >= 11 is 1.49. The first-order chi connectivity index (χ1) is 7.29. The SMILES string of the molecule is Cc1cc(C=O)ccc1Sc1ncn[nH]1. The number of aldehydes is 1. The van der Waals surface area contributed by atoms with Crippen molar-refractivity contribution < 1.29 is 4.79 Å². The molecule has 0 amide bonds. The summed E-state index contributed by atoms with van der Waals surface area (Å²) in [6.07, 6.45) is 2.31. The number of nitrogens with zero attached hydrogens (tertiary/aromatic N) is 2. The molecular formula is C10H9N3OS. The number of H-pyrrole nitrogens is 1. The Morgan fingerprint density at radius 1 is 1.47 bits per heavy atom. The lowest BCUT2D eigenvalue weighted by molar-refractivity contribution is 0.112. The number of carbonyl (C=O) groups is 1. The number of hydrogen-bond acceptors (Lipinski definition) is 4. The van der Waals surface area contributed by atoms with E-state index in [0.29, 0.717) is 5.56 Å². The Morgan fingerprint density at radius 3 is 2.93 bits per heavy atom. The lowest BCUT2D eigenvalue weighted by Crippen LogP contribution is -1.85. The average Bonchev–Trinajstić information content (AvgIpc) is 2.74. The second kappa shape index (κ2) is 4.27. The number of rotatable bonds is 3. The highest BCUT2D eigenvalue weighted by Crippen LogP contribution is 2.27. The Hall–Kier alpha value is -1.62. The van der Waals surface area contributed by atoms with Gasteiger partial charge in [-0.1, -0.05) is 17.8 Å². The van der Waals surface area contributed by atoms with E-state index in [0.717, 1.165) is 21.9 Å². The average molecular weight is 219 g/mol. The standard InChI is InChI=1S/C10H9N3OS/c1-7-4-8(5-14)2-3-9(7)15-10-11-6-12-13-10/h2-6H,1H3,(H,11,12,13). The van der Waals surface area contributed by atoms with Crippen LogP contribution < -0.4 is 0 Å². The highest BCUT2D eigenvalue weighted by Gasteiger charge is 2.03. The Kier molecular flexibility index (Phi) is 2.82. The first-order valence-corrected chi connectivity index (χ1v) is 5.20. The van der Waals surface area contributed by atoms with Gasteiger partial charge in [0.25, 0.3) is 0 Å². The van der Waals surface area contributed by atoms with Crippen molar-refractivity contribution >= 4 is 18.0 Å². The molecule has 15 heavy (non-hydrogen) atoms. The van der Waals surface area contributed by atoms with Crippen LogP contribution >= 0.6 is 11.8 Å². The molecule has 2 aromatic rings. The van der Waals surface area contributed by atoms with Crippen LogP contribution in [-0.2, 0) is 0 Å². The number of benzene rings is 1. The minimum atomic E-state index is 0.689. The molecule has 1 aromatic heterocycles. The van der Waals surface area contributed by atoms with Crippen LogP contribution in [-0.4, -0.2) is 21.5 Å². The van der Waals surface area contributed by atoms with Gasteiger partial charge < -0.3 is 0 Å². The molecule has 0 saturated carbocycles. The Labute approximate surface area is 91.1 Å². The van der Waals surface area contributed by atoms with E-state index in [1.54, 1.807) is 6.07 Å². The van der Waals surface area contributed by atoms with Gasteiger partial charge in [-0.25, -0.2) is 4.98 Å². The number of aromatic nitrogens is 3. The van der Waals surface area contributed by atoms with Gasteiger partial charge >= 0.3 is 0 Å². The molecule has 0 fully saturated rings. The predicted octanol–water partition coefficient (Wildman–Crippen LogP) is 2.08. The van der Waals surface area contributed by atoms with Gasteiger partial charge in [0, 0.05) is 10.5 Å². The molecule has 0 aliphatic heterocycles. The van der Waals surface area contributed by atoms with Gasteiger partial charge in [0.1, 0.15) is 12.6 Å². The Bertz CT molecular complexity index is 468. The zero-order valence-electron chi connectivity index (χ0n) is 8.10. The zero-order valence-corrected chi connectivity index (χ0v) is 8.91. The third-order valence-corrected chi connectivity index (χ3v) is 3.00. The summed E-state index contributed by atoms with van der Waals surface area (Å²) in [5.74, 6) is 0. The molecule has 0 atom stereocenters. The minimum Gasteiger partial charge on any atom is -0.298 e. The van der Waals surface area contributed by atoms with Crippen LogP contribution in [0.1, 0.15) is 15.9 Å². The topological polar surface area (TPSA) is 58.6 Å². The first-order valence-electron chi connectivity index (χ1n) is 4.38. The molecule has 1 heterocycles. The van der Waals surface area contributed by atoms with Gasteiger partial charge in [-0.2, -0.15) is 5.10 Å². The van der Waals surface area contributed by atoms with Crippen molar-refractivity contribution in [3.05, 3.63) is 35.7 Å². The Balaban J connectivity index is 2.26. The van der Waals surface area contributed by atoms with E-state index in [1.807, 2.05) is 19.1 Å². The number of nitrogens with one attached hydrogen (secondary N) is 1. The molecule has 2 rings (SSSR count). The van der Waals surface area contributed by atoms with Crippen LogP contribution in [0.2, 0.25) is 0 Å². The van der Waals surface area contributed by atoms with E-state index < -0.39 is 0 Å².